The van der Waals surface area contributed by atoms with Crippen LogP contribution < -0.4 is 10.3 Å². The second-order valence-corrected chi connectivity index (χ2v) is 7.85. The van der Waals surface area contributed by atoms with Crippen LogP contribution in [0.2, 0.25) is 0 Å². The van der Waals surface area contributed by atoms with Crippen LogP contribution in [0.3, 0.4) is 0 Å². The zero-order chi connectivity index (χ0) is 19.0. The molecule has 4 aromatic rings. The van der Waals surface area contributed by atoms with Crippen LogP contribution in [-0.2, 0) is 6.42 Å². The number of methoxy groups -OCH3 is 1. The summed E-state index contributed by atoms with van der Waals surface area (Å²) in [6, 6.07) is 14.5. The van der Waals surface area contributed by atoms with Gasteiger partial charge in [0.05, 0.1) is 7.11 Å². The molecule has 0 fully saturated rings. The fourth-order valence-electron chi connectivity index (χ4n) is 3.48. The van der Waals surface area contributed by atoms with Crippen LogP contribution in [0, 0.1) is 0 Å². The van der Waals surface area contributed by atoms with E-state index < -0.39 is 0 Å². The van der Waals surface area contributed by atoms with Gasteiger partial charge in [-0.15, -0.1) is 11.3 Å². The van der Waals surface area contributed by atoms with Crippen molar-refractivity contribution in [3.63, 3.8) is 0 Å². The molecule has 2 aromatic carbocycles. The zero-order valence-electron chi connectivity index (χ0n) is 15.7. The van der Waals surface area contributed by atoms with E-state index in [0.717, 1.165) is 50.8 Å². The van der Waals surface area contributed by atoms with Crippen LogP contribution in [0.1, 0.15) is 5.56 Å². The Labute approximate surface area is 162 Å². The second-order valence-electron chi connectivity index (χ2n) is 6.93. The van der Waals surface area contributed by atoms with Gasteiger partial charge in [0, 0.05) is 28.4 Å². The molecule has 0 aliphatic carbocycles. The predicted octanol–water partition coefficient (Wildman–Crippen LogP) is 4.52. The molecule has 0 unspecified atom stereocenters. The van der Waals surface area contributed by atoms with Gasteiger partial charge in [-0.3, -0.25) is 4.79 Å². The standard InChI is InChI=1S/C22H22N2O2S/c1-24(2)12-10-14-4-6-15(7-5-14)19-18(26-3)9-8-17-20(19)16-11-13-27-21(16)22(25)23-17/h4-9,11,13H,10,12H2,1-3H3,(H,23,25). The first-order valence-electron chi connectivity index (χ1n) is 8.92. The largest absolute Gasteiger partial charge is 0.496 e. The molecule has 4 nitrogen and oxygen atoms in total. The Kier molecular flexibility index (Phi) is 4.72. The maximum atomic E-state index is 12.3. The number of likely N-dealkylation sites (N-methyl/N-ethyl adjacent to an activating group) is 1. The molecule has 1 N–H and O–H groups in total. The summed E-state index contributed by atoms with van der Waals surface area (Å²) in [7, 11) is 5.86. The summed E-state index contributed by atoms with van der Waals surface area (Å²) in [5.41, 5.74) is 4.21. The van der Waals surface area contributed by atoms with Crippen molar-refractivity contribution in [1.29, 1.82) is 0 Å². The van der Waals surface area contributed by atoms with Crippen molar-refractivity contribution in [2.24, 2.45) is 0 Å². The maximum Gasteiger partial charge on any atom is 0.266 e. The van der Waals surface area contributed by atoms with Gasteiger partial charge in [-0.05, 0) is 55.2 Å². The monoisotopic (exact) mass is 378 g/mol. The lowest BCUT2D eigenvalue weighted by atomic mass is 9.96. The van der Waals surface area contributed by atoms with E-state index in [1.165, 1.54) is 16.9 Å². The number of hydrogen-bond donors (Lipinski definition) is 1. The highest BCUT2D eigenvalue weighted by atomic mass is 32.1. The fourth-order valence-corrected chi connectivity index (χ4v) is 4.27. The van der Waals surface area contributed by atoms with Crippen LogP contribution in [0.4, 0.5) is 0 Å². The minimum absolute atomic E-state index is 0.0392. The maximum absolute atomic E-state index is 12.3. The van der Waals surface area contributed by atoms with Crippen LogP contribution in [-0.4, -0.2) is 37.6 Å². The van der Waals surface area contributed by atoms with E-state index in [2.05, 4.69) is 48.2 Å². The molecule has 0 bridgehead atoms. The van der Waals surface area contributed by atoms with Crippen LogP contribution in [0.15, 0.2) is 52.6 Å². The Morgan fingerprint density at radius 3 is 2.56 bits per heavy atom. The number of thiophene rings is 1. The van der Waals surface area contributed by atoms with Gasteiger partial charge in [0.25, 0.3) is 5.56 Å². The second kappa shape index (κ2) is 7.18. The summed E-state index contributed by atoms with van der Waals surface area (Å²) >= 11 is 1.47. The van der Waals surface area contributed by atoms with Crippen molar-refractivity contribution in [1.82, 2.24) is 9.88 Å². The van der Waals surface area contributed by atoms with E-state index in [4.69, 9.17) is 4.74 Å². The molecule has 0 aliphatic rings. The van der Waals surface area contributed by atoms with E-state index in [0.29, 0.717) is 0 Å². The van der Waals surface area contributed by atoms with Crippen molar-refractivity contribution >= 4 is 32.3 Å². The Bertz CT molecular complexity index is 1160. The quantitative estimate of drug-likeness (QED) is 0.555. The van der Waals surface area contributed by atoms with Gasteiger partial charge in [-0.1, -0.05) is 24.3 Å². The third kappa shape index (κ3) is 3.24. The van der Waals surface area contributed by atoms with Gasteiger partial charge in [0.15, 0.2) is 0 Å². The van der Waals surface area contributed by atoms with Gasteiger partial charge in [0.2, 0.25) is 0 Å². The minimum atomic E-state index is -0.0392. The highest BCUT2D eigenvalue weighted by molar-refractivity contribution is 7.17. The van der Waals surface area contributed by atoms with Crippen molar-refractivity contribution in [2.45, 2.75) is 6.42 Å². The summed E-state index contributed by atoms with van der Waals surface area (Å²) < 4.78 is 6.43. The Hall–Kier alpha value is -2.63. The molecule has 0 saturated carbocycles. The topological polar surface area (TPSA) is 45.3 Å². The van der Waals surface area contributed by atoms with E-state index in [1.807, 2.05) is 23.6 Å². The number of H-pyrrole nitrogens is 1. The fraction of sp³-hybridized carbons (Fsp3) is 0.227. The summed E-state index contributed by atoms with van der Waals surface area (Å²) in [4.78, 5) is 17.6. The van der Waals surface area contributed by atoms with Crippen molar-refractivity contribution in [3.8, 4) is 16.9 Å². The van der Waals surface area contributed by atoms with Crippen LogP contribution in [0.25, 0.3) is 32.1 Å². The Balaban J connectivity index is 1.92. The predicted molar refractivity (Wildman–Crippen MR) is 114 cm³/mol. The summed E-state index contributed by atoms with van der Waals surface area (Å²) in [5.74, 6) is 0.808. The number of rotatable bonds is 5. The molecule has 5 heteroatoms. The number of pyridine rings is 1. The van der Waals surface area contributed by atoms with E-state index in [1.54, 1.807) is 7.11 Å². The van der Waals surface area contributed by atoms with Crippen LogP contribution in [0.5, 0.6) is 5.75 Å². The summed E-state index contributed by atoms with van der Waals surface area (Å²) in [6.45, 7) is 1.02. The van der Waals surface area contributed by atoms with Gasteiger partial charge in [0.1, 0.15) is 10.4 Å². The number of ether oxygens (including phenoxy) is 1. The average Bonchev–Trinajstić information content (AvgIpc) is 3.16. The molecule has 2 heterocycles. The minimum Gasteiger partial charge on any atom is -0.496 e. The van der Waals surface area contributed by atoms with Crippen molar-refractivity contribution in [2.75, 3.05) is 27.7 Å². The lowest BCUT2D eigenvalue weighted by Gasteiger charge is -2.14. The zero-order valence-corrected chi connectivity index (χ0v) is 16.5. The van der Waals surface area contributed by atoms with Gasteiger partial charge in [-0.25, -0.2) is 0 Å². The molecule has 0 atom stereocenters. The number of hydrogen-bond acceptors (Lipinski definition) is 4. The molecule has 138 valence electrons. The highest BCUT2D eigenvalue weighted by Gasteiger charge is 2.16. The van der Waals surface area contributed by atoms with E-state index in [-0.39, 0.29) is 5.56 Å². The molecule has 0 spiro atoms. The number of nitrogens with one attached hydrogen (secondary N) is 1. The third-order valence-corrected chi connectivity index (χ3v) is 5.78. The Morgan fingerprint density at radius 2 is 1.85 bits per heavy atom. The number of aromatic amines is 1. The Morgan fingerprint density at radius 1 is 1.07 bits per heavy atom. The molecular formula is C22H22N2O2S. The first-order valence-corrected chi connectivity index (χ1v) is 9.80. The molecule has 0 saturated heterocycles. The average molecular weight is 378 g/mol. The lowest BCUT2D eigenvalue weighted by Crippen LogP contribution is -2.14. The van der Waals surface area contributed by atoms with Gasteiger partial charge < -0.3 is 14.6 Å². The molecule has 0 radical (unpaired) electrons. The smallest absolute Gasteiger partial charge is 0.266 e. The molecule has 0 amide bonds. The summed E-state index contributed by atoms with van der Waals surface area (Å²) in [6.07, 6.45) is 1.02. The normalized spacial score (nSPS) is 11.6. The van der Waals surface area contributed by atoms with Crippen molar-refractivity contribution < 1.29 is 4.74 Å². The van der Waals surface area contributed by atoms with Crippen LogP contribution >= 0.6 is 11.3 Å². The van der Waals surface area contributed by atoms with E-state index in [9.17, 15) is 4.79 Å². The molecule has 27 heavy (non-hydrogen) atoms. The van der Waals surface area contributed by atoms with Gasteiger partial charge in [-0.2, -0.15) is 0 Å². The molecule has 4 rings (SSSR count). The molecular weight excluding hydrogens is 356 g/mol. The molecule has 2 aromatic heterocycles. The lowest BCUT2D eigenvalue weighted by molar-refractivity contribution is 0.413. The first-order chi connectivity index (χ1) is 13.1. The van der Waals surface area contributed by atoms with Crippen molar-refractivity contribution in [3.05, 3.63) is 63.8 Å². The number of aromatic nitrogens is 1. The third-order valence-electron chi connectivity index (χ3n) is 4.87. The highest BCUT2D eigenvalue weighted by Crippen LogP contribution is 2.40. The van der Waals surface area contributed by atoms with Gasteiger partial charge >= 0.3 is 0 Å². The number of nitrogens with zero attached hydrogens (tertiary/aromatic N) is 1. The SMILES string of the molecule is COc1ccc2[nH]c(=O)c3sccc3c2c1-c1ccc(CCN(C)C)cc1. The van der Waals surface area contributed by atoms with E-state index >= 15 is 0 Å². The number of benzene rings is 2. The first kappa shape index (κ1) is 17.8. The molecule has 0 aliphatic heterocycles. The number of fused-ring (bicyclic) bond motifs is 3. The summed E-state index contributed by atoms with van der Waals surface area (Å²) in [5, 5.41) is 3.98.